The summed E-state index contributed by atoms with van der Waals surface area (Å²) in [6.07, 6.45) is 2.86. The molecule has 4 fully saturated rings. The third-order valence-corrected chi connectivity index (χ3v) is 16.7. The Balaban J connectivity index is 1.05. The Morgan fingerprint density at radius 1 is 1.00 bits per heavy atom. The molecule has 404 valence electrons. The van der Waals surface area contributed by atoms with Crippen molar-refractivity contribution in [1.29, 1.82) is 0 Å². The molecule has 76 heavy (non-hydrogen) atoms. The Bertz CT molecular complexity index is 2990. The van der Waals surface area contributed by atoms with Gasteiger partial charge in [0.2, 0.25) is 5.91 Å². The molecule has 3 saturated heterocycles. The van der Waals surface area contributed by atoms with Gasteiger partial charge in [-0.2, -0.15) is 0 Å². The van der Waals surface area contributed by atoms with Crippen LogP contribution in [0, 0.1) is 23.2 Å². The number of fused-ring (bicyclic) bond motifs is 8. The maximum atomic E-state index is 15.1. The van der Waals surface area contributed by atoms with Crippen molar-refractivity contribution in [3.63, 3.8) is 0 Å². The summed E-state index contributed by atoms with van der Waals surface area (Å²) < 4.78 is 20.8. The Labute approximate surface area is 447 Å². The summed E-state index contributed by atoms with van der Waals surface area (Å²) in [5, 5.41) is 17.1. The maximum absolute atomic E-state index is 15.1. The van der Waals surface area contributed by atoms with E-state index in [1.54, 1.807) is 26.3 Å². The number of hydrogen-bond donors (Lipinski definition) is 3. The van der Waals surface area contributed by atoms with Gasteiger partial charge in [-0.05, 0) is 116 Å². The van der Waals surface area contributed by atoms with E-state index in [9.17, 15) is 19.5 Å². The Hall–Kier alpha value is -6.33. The second-order valence-corrected chi connectivity index (χ2v) is 23.2. The molecular formula is C60H76N8O8. The minimum Gasteiger partial charge on any atom is -0.508 e. The van der Waals surface area contributed by atoms with Gasteiger partial charge in [0.1, 0.15) is 30.0 Å². The number of cyclic esters (lactones) is 1. The topological polar surface area (TPSA) is 171 Å². The van der Waals surface area contributed by atoms with Crippen LogP contribution in [0.25, 0.3) is 33.3 Å². The summed E-state index contributed by atoms with van der Waals surface area (Å²) in [4.78, 5) is 70.1. The molecule has 10 rings (SSSR count). The van der Waals surface area contributed by atoms with Gasteiger partial charge in [0.25, 0.3) is 11.8 Å². The number of piperazine rings is 1. The van der Waals surface area contributed by atoms with Crippen molar-refractivity contribution in [2.75, 3.05) is 72.0 Å². The third-order valence-electron chi connectivity index (χ3n) is 16.7. The number of carbonyl (C=O) groups excluding carboxylic acids is 4. The van der Waals surface area contributed by atoms with Gasteiger partial charge in [-0.1, -0.05) is 70.2 Å². The number of phenolic OH excluding ortho intramolecular Hbond substituents is 1. The van der Waals surface area contributed by atoms with Crippen molar-refractivity contribution < 1.29 is 38.5 Å². The standard InChI is InChI=1S/C60H76N8O8/c1-10-67-50-17-16-39-28-46(50)48(54(67)47-30-42(32-61-51(47)36(4)74-9)66-21-19-64(7)20-22-66)31-60(5,6)34-76-59(73)52-45-29-41(45)33-68(63-52)57(71)49(26-37-24-40(39)27-43(69)25-37)62-56(70)53(35(2)3)65(8)58(72)55-44(18-23-75-55)38-14-12-11-13-15-38/h11-17,24-25,27-28,30,32,35-36,41,44-45,49,52-53,55,63,69H,10,18-23,26,29,31,33-34H2,1-9H3,(H,62,70). The number of amides is 3. The number of nitrogens with zero attached hydrogens (tertiary/aromatic N) is 6. The van der Waals surface area contributed by atoms with E-state index in [1.807, 2.05) is 63.4 Å². The Kier molecular flexibility index (Phi) is 15.1. The number of pyridine rings is 1. The fourth-order valence-electron chi connectivity index (χ4n) is 12.4. The largest absolute Gasteiger partial charge is 0.508 e. The molecular weight excluding hydrogens is 961 g/mol. The third kappa shape index (κ3) is 10.6. The van der Waals surface area contributed by atoms with Crippen LogP contribution in [0.1, 0.15) is 88.8 Å². The lowest BCUT2D eigenvalue weighted by Crippen LogP contribution is -2.63. The number of carbonyl (C=O) groups is 4. The minimum atomic E-state index is -1.15. The minimum absolute atomic E-state index is 0.00675. The van der Waals surface area contributed by atoms with Gasteiger partial charge in [-0.15, -0.1) is 0 Å². The van der Waals surface area contributed by atoms with Gasteiger partial charge < -0.3 is 43.9 Å². The van der Waals surface area contributed by atoms with Crippen LogP contribution in [0.4, 0.5) is 5.69 Å². The van der Waals surface area contributed by atoms with Gasteiger partial charge in [0.05, 0.1) is 36.0 Å². The lowest BCUT2D eigenvalue weighted by molar-refractivity contribution is -0.156. The zero-order valence-electron chi connectivity index (χ0n) is 45.7. The number of ether oxygens (including phenoxy) is 3. The number of nitrogens with one attached hydrogen (secondary N) is 2. The summed E-state index contributed by atoms with van der Waals surface area (Å²) in [5.74, 6) is -2.12. The van der Waals surface area contributed by atoms with Gasteiger partial charge in [-0.25, -0.2) is 5.43 Å². The van der Waals surface area contributed by atoms with Crippen LogP contribution < -0.4 is 15.6 Å². The molecule has 3 N–H and O–H groups in total. The number of benzene rings is 3. The highest BCUT2D eigenvalue weighted by Gasteiger charge is 2.53. The number of aromatic nitrogens is 2. The first-order valence-corrected chi connectivity index (χ1v) is 27.4. The molecule has 16 nitrogen and oxygen atoms in total. The van der Waals surface area contributed by atoms with Gasteiger partial charge in [0, 0.05) is 94.3 Å². The number of aryl methyl sites for hydroxylation is 1. The summed E-state index contributed by atoms with van der Waals surface area (Å²) in [6, 6.07) is 20.9. The summed E-state index contributed by atoms with van der Waals surface area (Å²) in [5.41, 5.74) is 11.9. The molecule has 3 amide bonds. The first-order valence-electron chi connectivity index (χ1n) is 27.4. The second-order valence-electron chi connectivity index (χ2n) is 23.2. The molecule has 16 heteroatoms. The number of aromatic hydroxyl groups is 1. The second kappa shape index (κ2) is 21.6. The van der Waals surface area contributed by atoms with E-state index in [-0.39, 0.29) is 54.5 Å². The average Bonchev–Trinajstić information content (AvgIpc) is 3.96. The zero-order chi connectivity index (χ0) is 53.7. The van der Waals surface area contributed by atoms with Gasteiger partial charge in [-0.3, -0.25) is 29.2 Å². The van der Waals surface area contributed by atoms with E-state index in [4.69, 9.17) is 19.2 Å². The number of hydrazine groups is 1. The molecule has 4 aliphatic heterocycles. The average molecular weight is 1040 g/mol. The van der Waals surface area contributed by atoms with E-state index in [1.165, 1.54) is 9.91 Å². The number of esters is 1. The number of methoxy groups -OCH3 is 1. The molecule has 8 atom stereocenters. The number of rotatable bonds is 11. The predicted octanol–water partition coefficient (Wildman–Crippen LogP) is 7.12. The van der Waals surface area contributed by atoms with Crippen LogP contribution in [0.5, 0.6) is 5.75 Å². The SMILES string of the molecule is CCn1c(-c2cc(N3CCN(C)CC3)cnc2C(C)OC)c2c3cc(ccc31)-c1cc(O)cc(c1)CC(NC(=O)C(C(C)C)N(C)C(=O)C1OCCC1c1ccccc1)C(=O)N1CC3CC3C(N1)C(=O)OCC(C)(C)C2. The molecule has 1 saturated carbocycles. The summed E-state index contributed by atoms with van der Waals surface area (Å²) in [7, 11) is 5.49. The van der Waals surface area contributed by atoms with Crippen LogP contribution in [-0.4, -0.2) is 145 Å². The Morgan fingerprint density at radius 3 is 2.49 bits per heavy atom. The van der Waals surface area contributed by atoms with Gasteiger partial charge in [0.15, 0.2) is 0 Å². The van der Waals surface area contributed by atoms with Crippen molar-refractivity contribution >= 4 is 40.3 Å². The number of likely N-dealkylation sites (N-methyl/N-ethyl adjacent to an activating group) is 2. The van der Waals surface area contributed by atoms with E-state index in [0.29, 0.717) is 38.1 Å². The molecule has 2 aromatic heterocycles. The molecule has 8 unspecified atom stereocenters. The quantitative estimate of drug-likeness (QED) is 0.115. The molecule has 5 aliphatic rings. The van der Waals surface area contributed by atoms with Crippen LogP contribution in [-0.2, 0) is 52.8 Å². The lowest BCUT2D eigenvalue weighted by atomic mass is 9.84. The van der Waals surface area contributed by atoms with Crippen molar-refractivity contribution in [3.8, 4) is 28.1 Å². The van der Waals surface area contributed by atoms with E-state index in [2.05, 4.69) is 77.2 Å². The summed E-state index contributed by atoms with van der Waals surface area (Å²) in [6.45, 7) is 17.4. The molecule has 0 radical (unpaired) electrons. The molecule has 6 bridgehead atoms. The van der Waals surface area contributed by atoms with Crippen LogP contribution >= 0.6 is 0 Å². The van der Waals surface area contributed by atoms with E-state index in [0.717, 1.165) is 88.4 Å². The van der Waals surface area contributed by atoms with Crippen molar-refractivity contribution in [1.82, 2.24) is 35.1 Å². The van der Waals surface area contributed by atoms with Crippen LogP contribution in [0.2, 0.25) is 0 Å². The fraction of sp³-hybridized carbons (Fsp3) is 0.517. The maximum Gasteiger partial charge on any atom is 0.325 e. The molecule has 0 spiro atoms. The summed E-state index contributed by atoms with van der Waals surface area (Å²) >= 11 is 0. The highest BCUT2D eigenvalue weighted by molar-refractivity contribution is 5.96. The smallest absolute Gasteiger partial charge is 0.325 e. The molecule has 3 aromatic carbocycles. The van der Waals surface area contributed by atoms with E-state index < -0.39 is 47.4 Å². The van der Waals surface area contributed by atoms with E-state index >= 15 is 4.79 Å². The molecule has 1 aliphatic carbocycles. The Morgan fingerprint density at radius 2 is 1.76 bits per heavy atom. The van der Waals surface area contributed by atoms with Gasteiger partial charge >= 0.3 is 5.97 Å². The van der Waals surface area contributed by atoms with Crippen LogP contribution in [0.3, 0.4) is 0 Å². The highest BCUT2D eigenvalue weighted by atomic mass is 16.5. The number of hydrogen-bond acceptors (Lipinski definition) is 12. The molecule has 5 aromatic rings. The van der Waals surface area contributed by atoms with Crippen LogP contribution in [0.15, 0.2) is 79.0 Å². The van der Waals surface area contributed by atoms with Crippen molar-refractivity contribution in [3.05, 3.63) is 101 Å². The zero-order valence-corrected chi connectivity index (χ0v) is 45.7. The van der Waals surface area contributed by atoms with Crippen molar-refractivity contribution in [2.45, 2.75) is 110 Å². The normalized spacial score (nSPS) is 24.7. The fourth-order valence-corrected chi connectivity index (χ4v) is 12.4. The predicted molar refractivity (Wildman–Crippen MR) is 292 cm³/mol. The number of anilines is 1. The molecule has 6 heterocycles. The first kappa shape index (κ1) is 53.1. The number of phenols is 1. The monoisotopic (exact) mass is 1040 g/mol. The first-order chi connectivity index (χ1) is 36.4. The van der Waals surface area contributed by atoms with Crippen molar-refractivity contribution in [2.24, 2.45) is 23.2 Å². The highest BCUT2D eigenvalue weighted by Crippen LogP contribution is 2.46. The lowest BCUT2D eigenvalue weighted by Gasteiger charge is -2.37.